The average molecular weight is 360 g/mol. The summed E-state index contributed by atoms with van der Waals surface area (Å²) in [4.78, 5) is 15.8. The Bertz CT molecular complexity index is 684. The van der Waals surface area contributed by atoms with E-state index >= 15 is 0 Å². The molecule has 0 spiro atoms. The van der Waals surface area contributed by atoms with Gasteiger partial charge in [-0.3, -0.25) is 9.79 Å². The van der Waals surface area contributed by atoms with E-state index in [1.54, 1.807) is 26.3 Å². The number of methoxy groups -OCH3 is 1. The van der Waals surface area contributed by atoms with Crippen molar-refractivity contribution in [3.63, 3.8) is 0 Å². The third-order valence-electron chi connectivity index (χ3n) is 3.39. The van der Waals surface area contributed by atoms with Crippen molar-refractivity contribution in [3.05, 3.63) is 48.4 Å². The lowest BCUT2D eigenvalue weighted by molar-refractivity contribution is 0.0926. The number of benzene rings is 1. The predicted molar refractivity (Wildman–Crippen MR) is 98.9 cm³/mol. The Morgan fingerprint density at radius 2 is 1.73 bits per heavy atom. The summed E-state index contributed by atoms with van der Waals surface area (Å²) in [7, 11) is 3.31. The smallest absolute Gasteiger partial charge is 0.287 e. The Hall–Kier alpha value is -3.16. The highest BCUT2D eigenvalue weighted by Crippen LogP contribution is 2.16. The van der Waals surface area contributed by atoms with Crippen LogP contribution in [0.3, 0.4) is 0 Å². The molecule has 0 saturated carbocycles. The molecule has 0 aliphatic carbocycles. The fraction of sp³-hybridized carbons (Fsp3) is 0.333. The van der Waals surface area contributed by atoms with Crippen molar-refractivity contribution in [2.75, 3.05) is 40.4 Å². The van der Waals surface area contributed by atoms with Gasteiger partial charge in [-0.15, -0.1) is 0 Å². The maximum atomic E-state index is 11.7. The number of ether oxygens (including phenoxy) is 2. The third-order valence-corrected chi connectivity index (χ3v) is 3.39. The molecule has 1 heterocycles. The molecule has 0 bridgehead atoms. The molecule has 0 aliphatic rings. The van der Waals surface area contributed by atoms with Gasteiger partial charge in [-0.05, 0) is 36.4 Å². The van der Waals surface area contributed by atoms with Gasteiger partial charge in [0, 0.05) is 20.1 Å². The number of furan rings is 1. The van der Waals surface area contributed by atoms with Gasteiger partial charge in [-0.2, -0.15) is 0 Å². The topological polar surface area (TPSA) is 97.1 Å². The number of nitrogens with zero attached hydrogens (tertiary/aromatic N) is 1. The second-order valence-corrected chi connectivity index (χ2v) is 5.18. The summed E-state index contributed by atoms with van der Waals surface area (Å²) in [6.07, 6.45) is 1.47. The second-order valence-electron chi connectivity index (χ2n) is 5.18. The van der Waals surface area contributed by atoms with Crippen LogP contribution in [-0.4, -0.2) is 52.3 Å². The number of guanidine groups is 1. The molecule has 0 unspecified atom stereocenters. The maximum absolute atomic E-state index is 11.7. The van der Waals surface area contributed by atoms with Gasteiger partial charge >= 0.3 is 0 Å². The van der Waals surface area contributed by atoms with Gasteiger partial charge in [0.15, 0.2) is 11.7 Å². The van der Waals surface area contributed by atoms with Gasteiger partial charge in [-0.25, -0.2) is 0 Å². The molecular formula is C18H24N4O4. The molecule has 1 aromatic carbocycles. The molecule has 1 aromatic heterocycles. The zero-order chi connectivity index (χ0) is 18.6. The highest BCUT2D eigenvalue weighted by Gasteiger charge is 2.06. The SMILES string of the molecule is CN=C(NCCNC(=O)c1ccco1)NCCOc1ccc(OC)cc1. The van der Waals surface area contributed by atoms with Crippen LogP contribution < -0.4 is 25.4 Å². The van der Waals surface area contributed by atoms with Crippen molar-refractivity contribution in [1.29, 1.82) is 0 Å². The first-order valence-electron chi connectivity index (χ1n) is 8.26. The van der Waals surface area contributed by atoms with E-state index < -0.39 is 0 Å². The number of aliphatic imine (C=N–C) groups is 1. The van der Waals surface area contributed by atoms with E-state index in [4.69, 9.17) is 13.9 Å². The molecule has 2 aromatic rings. The van der Waals surface area contributed by atoms with Crippen LogP contribution in [0.1, 0.15) is 10.6 Å². The number of nitrogens with one attached hydrogen (secondary N) is 3. The molecule has 8 nitrogen and oxygen atoms in total. The highest BCUT2D eigenvalue weighted by atomic mass is 16.5. The van der Waals surface area contributed by atoms with E-state index in [1.165, 1.54) is 6.26 Å². The average Bonchev–Trinajstić information content (AvgIpc) is 3.22. The molecule has 0 aliphatic heterocycles. The standard InChI is InChI=1S/C18H24N4O4/c1-19-18(21-10-9-20-17(23)16-4-3-12-26-16)22-11-13-25-15-7-5-14(24-2)6-8-15/h3-8,12H,9-11,13H2,1-2H3,(H,20,23)(H2,19,21,22). The normalized spacial score (nSPS) is 10.9. The molecular weight excluding hydrogens is 336 g/mol. The van der Waals surface area contributed by atoms with Crippen molar-refractivity contribution in [1.82, 2.24) is 16.0 Å². The van der Waals surface area contributed by atoms with Crippen LogP contribution >= 0.6 is 0 Å². The molecule has 140 valence electrons. The van der Waals surface area contributed by atoms with E-state index in [0.29, 0.717) is 38.0 Å². The monoisotopic (exact) mass is 360 g/mol. The van der Waals surface area contributed by atoms with Crippen molar-refractivity contribution >= 4 is 11.9 Å². The van der Waals surface area contributed by atoms with Crippen LogP contribution in [0.25, 0.3) is 0 Å². The fourth-order valence-electron chi connectivity index (χ4n) is 2.08. The van der Waals surface area contributed by atoms with E-state index in [9.17, 15) is 4.79 Å². The third kappa shape index (κ3) is 6.39. The highest BCUT2D eigenvalue weighted by molar-refractivity contribution is 5.91. The van der Waals surface area contributed by atoms with Crippen molar-refractivity contribution < 1.29 is 18.7 Å². The van der Waals surface area contributed by atoms with Crippen LogP contribution in [0.2, 0.25) is 0 Å². The van der Waals surface area contributed by atoms with Gasteiger partial charge in [0.2, 0.25) is 0 Å². The Labute approximate surface area is 152 Å². The van der Waals surface area contributed by atoms with E-state index in [0.717, 1.165) is 11.5 Å². The molecule has 3 N–H and O–H groups in total. The zero-order valence-corrected chi connectivity index (χ0v) is 15.0. The number of carbonyl (C=O) groups is 1. The van der Waals surface area contributed by atoms with E-state index in [1.807, 2.05) is 24.3 Å². The molecule has 0 atom stereocenters. The zero-order valence-electron chi connectivity index (χ0n) is 15.0. The van der Waals surface area contributed by atoms with Gasteiger partial charge in [-0.1, -0.05) is 0 Å². The first-order valence-corrected chi connectivity index (χ1v) is 8.26. The van der Waals surface area contributed by atoms with Crippen LogP contribution in [-0.2, 0) is 0 Å². The molecule has 26 heavy (non-hydrogen) atoms. The van der Waals surface area contributed by atoms with Gasteiger partial charge in [0.05, 0.1) is 19.9 Å². The van der Waals surface area contributed by atoms with Gasteiger partial charge in [0.25, 0.3) is 5.91 Å². The van der Waals surface area contributed by atoms with E-state index in [2.05, 4.69) is 20.9 Å². The number of carbonyl (C=O) groups excluding carboxylic acids is 1. The summed E-state index contributed by atoms with van der Waals surface area (Å²) in [5.74, 6) is 2.25. The first-order chi connectivity index (χ1) is 12.7. The van der Waals surface area contributed by atoms with Crippen LogP contribution in [0.4, 0.5) is 0 Å². The van der Waals surface area contributed by atoms with Crippen molar-refractivity contribution in [3.8, 4) is 11.5 Å². The number of rotatable bonds is 9. The molecule has 0 radical (unpaired) electrons. The van der Waals surface area contributed by atoms with E-state index in [-0.39, 0.29) is 5.91 Å². The Morgan fingerprint density at radius 1 is 1.04 bits per heavy atom. The number of amides is 1. The van der Waals surface area contributed by atoms with Crippen LogP contribution in [0, 0.1) is 0 Å². The minimum absolute atomic E-state index is 0.243. The number of hydrogen-bond donors (Lipinski definition) is 3. The summed E-state index contributed by atoms with van der Waals surface area (Å²) < 4.78 is 15.8. The lowest BCUT2D eigenvalue weighted by atomic mass is 10.3. The minimum atomic E-state index is -0.243. The Morgan fingerprint density at radius 3 is 2.38 bits per heavy atom. The molecule has 0 fully saturated rings. The second kappa shape index (κ2) is 10.7. The molecule has 8 heteroatoms. The van der Waals surface area contributed by atoms with Crippen molar-refractivity contribution in [2.24, 2.45) is 4.99 Å². The predicted octanol–water partition coefficient (Wildman–Crippen LogP) is 1.26. The summed E-state index contributed by atoms with van der Waals surface area (Å²) in [6.45, 7) is 2.06. The lowest BCUT2D eigenvalue weighted by Crippen LogP contribution is -2.42. The summed E-state index contributed by atoms with van der Waals surface area (Å²) >= 11 is 0. The number of hydrogen-bond acceptors (Lipinski definition) is 5. The molecule has 0 saturated heterocycles. The van der Waals surface area contributed by atoms with Crippen LogP contribution in [0.5, 0.6) is 11.5 Å². The summed E-state index contributed by atoms with van der Waals surface area (Å²) in [6, 6.07) is 10.7. The summed E-state index contributed by atoms with van der Waals surface area (Å²) in [5, 5.41) is 8.99. The van der Waals surface area contributed by atoms with Crippen LogP contribution in [0.15, 0.2) is 52.1 Å². The fourth-order valence-corrected chi connectivity index (χ4v) is 2.08. The molecule has 1 amide bonds. The summed E-state index contributed by atoms with van der Waals surface area (Å²) in [5.41, 5.74) is 0. The largest absolute Gasteiger partial charge is 0.497 e. The lowest BCUT2D eigenvalue weighted by Gasteiger charge is -2.13. The molecule has 2 rings (SSSR count). The maximum Gasteiger partial charge on any atom is 0.287 e. The van der Waals surface area contributed by atoms with Gasteiger partial charge < -0.3 is 29.8 Å². The quantitative estimate of drug-likeness (QED) is 0.354. The first kappa shape index (κ1) is 19.2. The van der Waals surface area contributed by atoms with Gasteiger partial charge in [0.1, 0.15) is 18.1 Å². The Kier molecular flexibility index (Phi) is 7.85. The Balaban J connectivity index is 1.58. The van der Waals surface area contributed by atoms with Crippen molar-refractivity contribution in [2.45, 2.75) is 0 Å². The minimum Gasteiger partial charge on any atom is -0.497 e.